The van der Waals surface area contributed by atoms with Crippen molar-refractivity contribution in [3.05, 3.63) is 63.7 Å². The van der Waals surface area contributed by atoms with Gasteiger partial charge in [-0.05, 0) is 50.6 Å². The molecule has 0 bridgehead atoms. The Balaban J connectivity index is 1.84. The molecule has 0 aliphatic heterocycles. The topological polar surface area (TPSA) is 59.8 Å². The summed E-state index contributed by atoms with van der Waals surface area (Å²) >= 11 is 0. The van der Waals surface area contributed by atoms with E-state index < -0.39 is 5.82 Å². The summed E-state index contributed by atoms with van der Waals surface area (Å²) in [5.41, 5.74) is 1.86. The number of aryl methyl sites for hydroxylation is 2. The number of fused-ring (bicyclic) bond motifs is 1. The Kier molecular flexibility index (Phi) is 3.98. The summed E-state index contributed by atoms with van der Waals surface area (Å²) in [6.45, 7) is 5.60. The molecule has 6 heteroatoms. The minimum atomic E-state index is -0.501. The maximum absolute atomic E-state index is 14.0. The van der Waals surface area contributed by atoms with Gasteiger partial charge in [-0.15, -0.1) is 0 Å². The van der Waals surface area contributed by atoms with Gasteiger partial charge in [-0.1, -0.05) is 18.2 Å². The third kappa shape index (κ3) is 2.85. The molecule has 0 saturated heterocycles. The van der Waals surface area contributed by atoms with Crippen molar-refractivity contribution in [2.45, 2.75) is 45.7 Å². The first-order valence-electron chi connectivity index (χ1n) is 8.86. The zero-order valence-corrected chi connectivity index (χ0v) is 15.1. The average Bonchev–Trinajstić information content (AvgIpc) is 3.42. The number of rotatable bonds is 4. The fourth-order valence-corrected chi connectivity index (χ4v) is 3.45. The van der Waals surface area contributed by atoms with E-state index in [0.717, 1.165) is 41.1 Å². The van der Waals surface area contributed by atoms with Gasteiger partial charge >= 0.3 is 0 Å². The fraction of sp³-hybridized carbons (Fsp3) is 0.350. The van der Waals surface area contributed by atoms with Crippen molar-refractivity contribution in [2.75, 3.05) is 5.32 Å². The number of nitrogens with zero attached hydrogens (tertiary/aromatic N) is 3. The number of aromatic nitrogens is 3. The summed E-state index contributed by atoms with van der Waals surface area (Å²) in [6.07, 6.45) is 3.16. The Morgan fingerprint density at radius 2 is 2.08 bits per heavy atom. The Morgan fingerprint density at radius 1 is 1.31 bits per heavy atom. The molecule has 1 saturated carbocycles. The molecule has 2 aromatic heterocycles. The second-order valence-electron chi connectivity index (χ2n) is 6.99. The second kappa shape index (κ2) is 6.20. The van der Waals surface area contributed by atoms with Gasteiger partial charge in [0.25, 0.3) is 5.56 Å². The lowest BCUT2D eigenvalue weighted by atomic mass is 10.0. The van der Waals surface area contributed by atoms with Gasteiger partial charge in [0.15, 0.2) is 11.6 Å². The molecule has 134 valence electrons. The predicted molar refractivity (Wildman–Crippen MR) is 100.0 cm³/mol. The standard InChI is InChI=1S/C20H21FN4O/c1-11-5-4-6-14-9-17(25(15-7-8-15)20(26)18(11)14)12(2)23-19-16(21)10-22-13(3)24-19/h4-6,9-10,12,15H,7-8H2,1-3H3,(H,22,23,24)/t12-/m0/s1. The highest BCUT2D eigenvalue weighted by molar-refractivity contribution is 5.85. The lowest BCUT2D eigenvalue weighted by molar-refractivity contribution is 0.601. The average molecular weight is 352 g/mol. The van der Waals surface area contributed by atoms with Crippen LogP contribution < -0.4 is 10.9 Å². The van der Waals surface area contributed by atoms with Crippen LogP contribution in [0.3, 0.4) is 0 Å². The lowest BCUT2D eigenvalue weighted by Gasteiger charge is -2.21. The van der Waals surface area contributed by atoms with Crippen LogP contribution in [-0.4, -0.2) is 14.5 Å². The zero-order valence-electron chi connectivity index (χ0n) is 15.1. The highest BCUT2D eigenvalue weighted by atomic mass is 19.1. The number of halogens is 1. The van der Waals surface area contributed by atoms with Crippen molar-refractivity contribution < 1.29 is 4.39 Å². The molecule has 0 unspecified atom stereocenters. The number of anilines is 1. The van der Waals surface area contributed by atoms with Crippen LogP contribution in [0.25, 0.3) is 10.8 Å². The zero-order chi connectivity index (χ0) is 18.4. The molecule has 1 aliphatic carbocycles. The van der Waals surface area contributed by atoms with E-state index in [2.05, 4.69) is 15.3 Å². The summed E-state index contributed by atoms with van der Waals surface area (Å²) in [6, 6.07) is 7.85. The molecule has 0 spiro atoms. The molecule has 1 fully saturated rings. The van der Waals surface area contributed by atoms with E-state index in [1.54, 1.807) is 6.92 Å². The SMILES string of the molecule is Cc1ncc(F)c(N[C@@H](C)c2cc3cccc(C)c3c(=O)n2C2CC2)n1. The van der Waals surface area contributed by atoms with Crippen LogP contribution in [0.15, 0.2) is 35.3 Å². The molecule has 1 aliphatic rings. The number of hydrogen-bond donors (Lipinski definition) is 1. The van der Waals surface area contributed by atoms with E-state index in [-0.39, 0.29) is 23.5 Å². The Hall–Kier alpha value is -2.76. The Labute approximate surface area is 150 Å². The van der Waals surface area contributed by atoms with Crippen molar-refractivity contribution >= 4 is 16.6 Å². The van der Waals surface area contributed by atoms with Crippen LogP contribution in [0.2, 0.25) is 0 Å². The van der Waals surface area contributed by atoms with E-state index in [1.807, 2.05) is 42.7 Å². The molecule has 3 aromatic rings. The normalized spacial score (nSPS) is 15.2. The third-order valence-electron chi connectivity index (χ3n) is 4.89. The Morgan fingerprint density at radius 3 is 2.81 bits per heavy atom. The van der Waals surface area contributed by atoms with Gasteiger partial charge in [0, 0.05) is 11.7 Å². The molecular weight excluding hydrogens is 331 g/mol. The highest BCUT2D eigenvalue weighted by Crippen LogP contribution is 2.37. The van der Waals surface area contributed by atoms with Crippen molar-refractivity contribution in [2.24, 2.45) is 0 Å². The quantitative estimate of drug-likeness (QED) is 0.769. The van der Waals surface area contributed by atoms with E-state index in [0.29, 0.717) is 5.82 Å². The van der Waals surface area contributed by atoms with Crippen molar-refractivity contribution in [1.29, 1.82) is 0 Å². The smallest absolute Gasteiger partial charge is 0.259 e. The minimum absolute atomic E-state index is 0.0334. The molecule has 4 rings (SSSR count). The molecule has 1 N–H and O–H groups in total. The van der Waals surface area contributed by atoms with Crippen LogP contribution in [0, 0.1) is 19.7 Å². The van der Waals surface area contributed by atoms with Gasteiger partial charge in [0.05, 0.1) is 17.6 Å². The van der Waals surface area contributed by atoms with Crippen LogP contribution >= 0.6 is 0 Å². The number of hydrogen-bond acceptors (Lipinski definition) is 4. The summed E-state index contributed by atoms with van der Waals surface area (Å²) in [4.78, 5) is 21.2. The number of nitrogens with one attached hydrogen (secondary N) is 1. The van der Waals surface area contributed by atoms with Gasteiger partial charge in [-0.3, -0.25) is 4.79 Å². The highest BCUT2D eigenvalue weighted by Gasteiger charge is 2.29. The number of pyridine rings is 1. The fourth-order valence-electron chi connectivity index (χ4n) is 3.45. The molecule has 1 atom stereocenters. The van der Waals surface area contributed by atoms with E-state index >= 15 is 0 Å². The van der Waals surface area contributed by atoms with Crippen LogP contribution in [0.4, 0.5) is 10.2 Å². The van der Waals surface area contributed by atoms with E-state index in [4.69, 9.17) is 0 Å². The maximum Gasteiger partial charge on any atom is 0.259 e. The van der Waals surface area contributed by atoms with Crippen LogP contribution in [0.5, 0.6) is 0 Å². The molecule has 26 heavy (non-hydrogen) atoms. The van der Waals surface area contributed by atoms with Crippen molar-refractivity contribution in [1.82, 2.24) is 14.5 Å². The Bertz CT molecular complexity index is 1060. The largest absolute Gasteiger partial charge is 0.360 e. The summed E-state index contributed by atoms with van der Waals surface area (Å²) in [5, 5.41) is 4.79. The van der Waals surface area contributed by atoms with Crippen LogP contribution in [-0.2, 0) is 0 Å². The molecule has 0 amide bonds. The van der Waals surface area contributed by atoms with Crippen LogP contribution in [0.1, 0.15) is 48.9 Å². The van der Waals surface area contributed by atoms with E-state index in [9.17, 15) is 9.18 Å². The minimum Gasteiger partial charge on any atom is -0.360 e. The van der Waals surface area contributed by atoms with E-state index in [1.165, 1.54) is 0 Å². The monoisotopic (exact) mass is 352 g/mol. The van der Waals surface area contributed by atoms with Crippen molar-refractivity contribution in [3.8, 4) is 0 Å². The molecule has 2 heterocycles. The summed E-state index contributed by atoms with van der Waals surface area (Å²) in [5.74, 6) is 0.151. The second-order valence-corrected chi connectivity index (χ2v) is 6.99. The maximum atomic E-state index is 14.0. The van der Waals surface area contributed by atoms with Gasteiger partial charge in [0.2, 0.25) is 0 Å². The third-order valence-corrected chi connectivity index (χ3v) is 4.89. The summed E-state index contributed by atoms with van der Waals surface area (Å²) < 4.78 is 15.9. The molecule has 1 aromatic carbocycles. The van der Waals surface area contributed by atoms with Gasteiger partial charge in [-0.2, -0.15) is 0 Å². The van der Waals surface area contributed by atoms with Crippen molar-refractivity contribution in [3.63, 3.8) is 0 Å². The first kappa shape index (κ1) is 16.7. The van der Waals surface area contributed by atoms with Gasteiger partial charge < -0.3 is 9.88 Å². The van der Waals surface area contributed by atoms with Gasteiger partial charge in [-0.25, -0.2) is 14.4 Å². The molecule has 0 radical (unpaired) electrons. The first-order valence-corrected chi connectivity index (χ1v) is 8.86. The lowest BCUT2D eigenvalue weighted by Crippen LogP contribution is -2.27. The first-order chi connectivity index (χ1) is 12.5. The molecule has 5 nitrogen and oxygen atoms in total. The summed E-state index contributed by atoms with van der Waals surface area (Å²) in [7, 11) is 0. The number of benzene rings is 1. The van der Waals surface area contributed by atoms with Gasteiger partial charge in [0.1, 0.15) is 5.82 Å². The molecular formula is C20H21FN4O. The predicted octanol–water partition coefficient (Wildman–Crippen LogP) is 4.06.